The van der Waals surface area contributed by atoms with Gasteiger partial charge < -0.3 is 5.32 Å². The number of nitrogens with zero attached hydrogens (tertiary/aromatic N) is 2. The topological polar surface area (TPSA) is 79.4 Å². The van der Waals surface area contributed by atoms with Gasteiger partial charge >= 0.3 is 0 Å². The maximum absolute atomic E-state index is 12.8. The molecule has 2 rings (SSSR count). The Balaban J connectivity index is 2.13. The predicted molar refractivity (Wildman–Crippen MR) is 95.5 cm³/mol. The van der Waals surface area contributed by atoms with E-state index in [0.29, 0.717) is 18.1 Å². The van der Waals surface area contributed by atoms with Gasteiger partial charge in [0.2, 0.25) is 15.9 Å². The predicted octanol–water partition coefficient (Wildman–Crippen LogP) is 2.96. The summed E-state index contributed by atoms with van der Waals surface area (Å²) in [6.07, 6.45) is 4.19. The van der Waals surface area contributed by atoms with Crippen LogP contribution in [-0.2, 0) is 14.8 Å². The van der Waals surface area contributed by atoms with Crippen LogP contribution in [-0.4, -0.2) is 36.7 Å². The van der Waals surface area contributed by atoms with Gasteiger partial charge in [-0.3, -0.25) is 4.79 Å². The third-order valence-electron chi connectivity index (χ3n) is 3.39. The standard InChI is InChI=1S/C16H21N3O3S2/c1-2-3-7-11-19(13-15(20)18-16-17-10-12-23-16)24(21,22)14-8-5-4-6-9-14/h4-6,8-10,12H,2-3,7,11,13H2,1H3,(H,17,18,20). The zero-order valence-corrected chi connectivity index (χ0v) is 15.1. The summed E-state index contributed by atoms with van der Waals surface area (Å²) in [5.41, 5.74) is 0. The van der Waals surface area contributed by atoms with Gasteiger partial charge in [0.15, 0.2) is 5.13 Å². The zero-order valence-electron chi connectivity index (χ0n) is 13.5. The van der Waals surface area contributed by atoms with E-state index in [1.54, 1.807) is 41.9 Å². The molecule has 0 aliphatic carbocycles. The van der Waals surface area contributed by atoms with Crippen molar-refractivity contribution < 1.29 is 13.2 Å². The number of amides is 1. The van der Waals surface area contributed by atoms with Crippen LogP contribution >= 0.6 is 11.3 Å². The highest BCUT2D eigenvalue weighted by Crippen LogP contribution is 2.17. The Kier molecular flexibility index (Phi) is 6.89. The molecule has 0 saturated carbocycles. The number of thiazole rings is 1. The number of carbonyl (C=O) groups is 1. The number of anilines is 1. The number of sulfonamides is 1. The summed E-state index contributed by atoms with van der Waals surface area (Å²) in [4.78, 5) is 16.4. The van der Waals surface area contributed by atoms with E-state index in [-0.39, 0.29) is 17.3 Å². The molecule has 0 spiro atoms. The largest absolute Gasteiger partial charge is 0.301 e. The van der Waals surface area contributed by atoms with E-state index in [1.165, 1.54) is 15.6 Å². The normalized spacial score (nSPS) is 11.6. The van der Waals surface area contributed by atoms with E-state index < -0.39 is 10.0 Å². The first kappa shape index (κ1) is 18.6. The van der Waals surface area contributed by atoms with Gasteiger partial charge in [0, 0.05) is 18.1 Å². The minimum Gasteiger partial charge on any atom is -0.301 e. The summed E-state index contributed by atoms with van der Waals surface area (Å²) in [5, 5.41) is 4.84. The van der Waals surface area contributed by atoms with Crippen molar-refractivity contribution in [2.24, 2.45) is 0 Å². The van der Waals surface area contributed by atoms with Crippen LogP contribution < -0.4 is 5.32 Å². The molecular weight excluding hydrogens is 346 g/mol. The molecule has 8 heteroatoms. The zero-order chi connectivity index (χ0) is 17.4. The molecule has 0 radical (unpaired) electrons. The van der Waals surface area contributed by atoms with E-state index in [4.69, 9.17) is 0 Å². The molecule has 1 N–H and O–H groups in total. The van der Waals surface area contributed by atoms with Crippen molar-refractivity contribution in [3.05, 3.63) is 41.9 Å². The van der Waals surface area contributed by atoms with E-state index in [2.05, 4.69) is 10.3 Å². The Morgan fingerprint density at radius 3 is 2.62 bits per heavy atom. The highest BCUT2D eigenvalue weighted by Gasteiger charge is 2.26. The summed E-state index contributed by atoms with van der Waals surface area (Å²) in [7, 11) is -3.70. The third kappa shape index (κ3) is 5.12. The van der Waals surface area contributed by atoms with E-state index in [1.807, 2.05) is 6.92 Å². The maximum atomic E-state index is 12.8. The van der Waals surface area contributed by atoms with Crippen molar-refractivity contribution in [1.82, 2.24) is 9.29 Å². The quantitative estimate of drug-likeness (QED) is 0.691. The van der Waals surface area contributed by atoms with Crippen molar-refractivity contribution in [1.29, 1.82) is 0 Å². The Bertz CT molecular complexity index is 731. The SMILES string of the molecule is CCCCCN(CC(=O)Nc1nccs1)S(=O)(=O)c1ccccc1. The monoisotopic (exact) mass is 367 g/mol. The Hall–Kier alpha value is -1.77. The first-order valence-corrected chi connectivity index (χ1v) is 10.1. The van der Waals surface area contributed by atoms with Crippen molar-refractivity contribution in [3.63, 3.8) is 0 Å². The Morgan fingerprint density at radius 2 is 2.00 bits per heavy atom. The van der Waals surface area contributed by atoms with Gasteiger partial charge in [-0.2, -0.15) is 4.31 Å². The van der Waals surface area contributed by atoms with E-state index >= 15 is 0 Å². The number of hydrogen-bond donors (Lipinski definition) is 1. The van der Waals surface area contributed by atoms with Crippen LogP contribution in [0.1, 0.15) is 26.2 Å². The fraction of sp³-hybridized carbons (Fsp3) is 0.375. The van der Waals surface area contributed by atoms with Gasteiger partial charge in [-0.1, -0.05) is 38.0 Å². The van der Waals surface area contributed by atoms with Crippen LogP contribution in [0, 0.1) is 0 Å². The van der Waals surface area contributed by atoms with Crippen molar-refractivity contribution in [3.8, 4) is 0 Å². The molecule has 0 saturated heterocycles. The molecular formula is C16H21N3O3S2. The van der Waals surface area contributed by atoms with Crippen LogP contribution in [0.2, 0.25) is 0 Å². The lowest BCUT2D eigenvalue weighted by molar-refractivity contribution is -0.116. The van der Waals surface area contributed by atoms with Crippen LogP contribution in [0.5, 0.6) is 0 Å². The molecule has 0 aliphatic heterocycles. The van der Waals surface area contributed by atoms with Crippen molar-refractivity contribution >= 4 is 32.4 Å². The Labute approximate surface area is 146 Å². The lowest BCUT2D eigenvalue weighted by Gasteiger charge is -2.21. The molecule has 6 nitrogen and oxygen atoms in total. The van der Waals surface area contributed by atoms with Crippen LogP contribution in [0.3, 0.4) is 0 Å². The van der Waals surface area contributed by atoms with Gasteiger partial charge in [-0.15, -0.1) is 11.3 Å². The number of carbonyl (C=O) groups excluding carboxylic acids is 1. The second-order valence-electron chi connectivity index (χ2n) is 5.24. The average molecular weight is 367 g/mol. The molecule has 0 bridgehead atoms. The second-order valence-corrected chi connectivity index (χ2v) is 8.08. The van der Waals surface area contributed by atoms with Crippen molar-refractivity contribution in [2.75, 3.05) is 18.4 Å². The molecule has 1 amide bonds. The van der Waals surface area contributed by atoms with Gasteiger partial charge in [0.05, 0.1) is 11.4 Å². The second kappa shape index (κ2) is 8.91. The van der Waals surface area contributed by atoms with E-state index in [0.717, 1.165) is 12.8 Å². The van der Waals surface area contributed by atoms with Crippen LogP contribution in [0.15, 0.2) is 46.8 Å². The number of hydrogen-bond acceptors (Lipinski definition) is 5. The van der Waals surface area contributed by atoms with E-state index in [9.17, 15) is 13.2 Å². The average Bonchev–Trinajstić information content (AvgIpc) is 3.07. The molecule has 0 aliphatic rings. The maximum Gasteiger partial charge on any atom is 0.243 e. The minimum atomic E-state index is -3.70. The molecule has 0 atom stereocenters. The number of aromatic nitrogens is 1. The number of benzene rings is 1. The third-order valence-corrected chi connectivity index (χ3v) is 5.94. The molecule has 0 unspecified atom stereocenters. The van der Waals surface area contributed by atoms with Gasteiger partial charge in [-0.25, -0.2) is 13.4 Å². The highest BCUT2D eigenvalue weighted by atomic mass is 32.2. The van der Waals surface area contributed by atoms with Gasteiger partial charge in [0.25, 0.3) is 0 Å². The van der Waals surface area contributed by atoms with Crippen molar-refractivity contribution in [2.45, 2.75) is 31.1 Å². The number of unbranched alkanes of at least 4 members (excludes halogenated alkanes) is 2. The number of rotatable bonds is 9. The highest BCUT2D eigenvalue weighted by molar-refractivity contribution is 7.89. The lowest BCUT2D eigenvalue weighted by atomic mass is 10.2. The summed E-state index contributed by atoms with van der Waals surface area (Å²) in [6.45, 7) is 2.14. The molecule has 1 aromatic heterocycles. The molecule has 1 heterocycles. The first-order valence-electron chi connectivity index (χ1n) is 7.78. The van der Waals surface area contributed by atoms with Crippen LogP contribution in [0.4, 0.5) is 5.13 Å². The molecule has 130 valence electrons. The van der Waals surface area contributed by atoms with Crippen LogP contribution in [0.25, 0.3) is 0 Å². The lowest BCUT2D eigenvalue weighted by Crippen LogP contribution is -2.38. The minimum absolute atomic E-state index is 0.198. The molecule has 2 aromatic rings. The summed E-state index contributed by atoms with van der Waals surface area (Å²) >= 11 is 1.29. The van der Waals surface area contributed by atoms with Gasteiger partial charge in [-0.05, 0) is 18.6 Å². The fourth-order valence-corrected chi connectivity index (χ4v) is 4.17. The molecule has 1 aromatic carbocycles. The molecule has 24 heavy (non-hydrogen) atoms. The Morgan fingerprint density at radius 1 is 1.25 bits per heavy atom. The van der Waals surface area contributed by atoms with Gasteiger partial charge in [0.1, 0.15) is 0 Å². The summed E-state index contributed by atoms with van der Waals surface area (Å²) in [5.74, 6) is -0.388. The smallest absolute Gasteiger partial charge is 0.243 e. The fourth-order valence-electron chi connectivity index (χ4n) is 2.17. The number of nitrogens with one attached hydrogen (secondary N) is 1. The summed E-state index contributed by atoms with van der Waals surface area (Å²) < 4.78 is 26.8. The summed E-state index contributed by atoms with van der Waals surface area (Å²) in [6, 6.07) is 8.19. The first-order chi connectivity index (χ1) is 11.5. The molecule has 0 fully saturated rings.